The molecule has 1 N–H and O–H groups in total. The van der Waals surface area contributed by atoms with Crippen molar-refractivity contribution in [3.05, 3.63) is 0 Å². The summed E-state index contributed by atoms with van der Waals surface area (Å²) >= 11 is 0. The zero-order chi connectivity index (χ0) is 12.5. The minimum atomic E-state index is -2.84. The van der Waals surface area contributed by atoms with Crippen LogP contribution >= 0.6 is 0 Å². The first-order valence-corrected chi connectivity index (χ1v) is 8.84. The SMILES string of the molecule is CC1CCC(C2CCCC(S(C)(=O)=O)C2)NC1. The monoisotopic (exact) mass is 259 g/mol. The Bertz CT molecular complexity index is 344. The van der Waals surface area contributed by atoms with Gasteiger partial charge in [-0.25, -0.2) is 8.42 Å². The van der Waals surface area contributed by atoms with Crippen LogP contribution in [0.15, 0.2) is 0 Å². The summed E-state index contributed by atoms with van der Waals surface area (Å²) < 4.78 is 23.3. The van der Waals surface area contributed by atoms with E-state index in [9.17, 15) is 8.42 Å². The van der Waals surface area contributed by atoms with Crippen molar-refractivity contribution < 1.29 is 8.42 Å². The zero-order valence-corrected chi connectivity index (χ0v) is 11.8. The van der Waals surface area contributed by atoms with Gasteiger partial charge in [-0.2, -0.15) is 0 Å². The number of hydrogen-bond acceptors (Lipinski definition) is 3. The molecule has 4 heteroatoms. The number of nitrogens with one attached hydrogen (secondary N) is 1. The van der Waals surface area contributed by atoms with Crippen LogP contribution in [0, 0.1) is 11.8 Å². The Hall–Kier alpha value is -0.0900. The van der Waals surface area contributed by atoms with E-state index in [0.29, 0.717) is 12.0 Å². The van der Waals surface area contributed by atoms with E-state index in [4.69, 9.17) is 0 Å². The van der Waals surface area contributed by atoms with Crippen LogP contribution in [0.3, 0.4) is 0 Å². The molecule has 1 aliphatic carbocycles. The second-order valence-electron chi connectivity index (χ2n) is 6.08. The molecule has 1 saturated heterocycles. The van der Waals surface area contributed by atoms with Gasteiger partial charge in [0.1, 0.15) is 9.84 Å². The molecule has 4 unspecified atom stereocenters. The highest BCUT2D eigenvalue weighted by Gasteiger charge is 2.34. The molecule has 1 heterocycles. The normalized spacial score (nSPS) is 40.1. The lowest BCUT2D eigenvalue weighted by Crippen LogP contribution is -2.45. The summed E-state index contributed by atoms with van der Waals surface area (Å²) in [6.07, 6.45) is 7.95. The summed E-state index contributed by atoms with van der Waals surface area (Å²) in [6, 6.07) is 0.566. The van der Waals surface area contributed by atoms with Gasteiger partial charge in [-0.05, 0) is 50.5 Å². The quantitative estimate of drug-likeness (QED) is 0.825. The predicted molar refractivity (Wildman–Crippen MR) is 70.8 cm³/mol. The standard InChI is InChI=1S/C13H25NO2S/c1-10-6-7-13(14-9-10)11-4-3-5-12(8-11)17(2,15)16/h10-14H,3-9H2,1-2H3. The molecular weight excluding hydrogens is 234 g/mol. The van der Waals surface area contributed by atoms with Crippen molar-refractivity contribution in [2.24, 2.45) is 11.8 Å². The average molecular weight is 259 g/mol. The van der Waals surface area contributed by atoms with E-state index in [1.165, 1.54) is 25.5 Å². The molecule has 0 aromatic rings. The van der Waals surface area contributed by atoms with Crippen LogP contribution in [0.5, 0.6) is 0 Å². The van der Waals surface area contributed by atoms with E-state index >= 15 is 0 Å². The smallest absolute Gasteiger partial charge is 0.150 e. The predicted octanol–water partition coefficient (Wildman–Crippen LogP) is 1.98. The van der Waals surface area contributed by atoms with Crippen molar-refractivity contribution in [1.82, 2.24) is 5.32 Å². The number of rotatable bonds is 2. The molecule has 0 spiro atoms. The Morgan fingerprint density at radius 2 is 1.88 bits per heavy atom. The first kappa shape index (κ1) is 13.3. The van der Waals surface area contributed by atoms with Crippen LogP contribution in [-0.2, 0) is 9.84 Å². The minimum absolute atomic E-state index is 0.0811. The van der Waals surface area contributed by atoms with Gasteiger partial charge in [0.2, 0.25) is 0 Å². The Balaban J connectivity index is 1.93. The molecule has 1 aliphatic heterocycles. The molecule has 0 radical (unpaired) electrons. The van der Waals surface area contributed by atoms with Gasteiger partial charge in [0.15, 0.2) is 0 Å². The van der Waals surface area contributed by atoms with Gasteiger partial charge in [-0.1, -0.05) is 13.3 Å². The highest BCUT2D eigenvalue weighted by atomic mass is 32.2. The van der Waals surface area contributed by atoms with Gasteiger partial charge >= 0.3 is 0 Å². The average Bonchev–Trinajstić information content (AvgIpc) is 2.29. The summed E-state index contributed by atoms with van der Waals surface area (Å²) in [5, 5.41) is 3.53. The zero-order valence-electron chi connectivity index (χ0n) is 11.0. The van der Waals surface area contributed by atoms with Crippen molar-refractivity contribution in [3.8, 4) is 0 Å². The maximum absolute atomic E-state index is 11.6. The molecule has 2 aliphatic rings. The second kappa shape index (κ2) is 5.27. The third kappa shape index (κ3) is 3.44. The molecule has 0 amide bonds. The number of piperidine rings is 1. The molecule has 2 rings (SSSR count). The van der Waals surface area contributed by atoms with Crippen LogP contribution in [0.25, 0.3) is 0 Å². The van der Waals surface area contributed by atoms with E-state index < -0.39 is 9.84 Å². The molecule has 17 heavy (non-hydrogen) atoms. The Morgan fingerprint density at radius 1 is 1.12 bits per heavy atom. The van der Waals surface area contributed by atoms with Crippen LogP contribution in [0.4, 0.5) is 0 Å². The highest BCUT2D eigenvalue weighted by molar-refractivity contribution is 7.91. The summed E-state index contributed by atoms with van der Waals surface area (Å²) in [6.45, 7) is 3.38. The summed E-state index contributed by atoms with van der Waals surface area (Å²) in [5.41, 5.74) is 0. The summed E-state index contributed by atoms with van der Waals surface area (Å²) in [5.74, 6) is 1.36. The molecule has 0 aromatic carbocycles. The molecular formula is C13H25NO2S. The van der Waals surface area contributed by atoms with E-state index in [2.05, 4.69) is 12.2 Å². The van der Waals surface area contributed by atoms with Crippen LogP contribution < -0.4 is 5.32 Å². The number of sulfone groups is 1. The Morgan fingerprint density at radius 3 is 2.47 bits per heavy atom. The van der Waals surface area contributed by atoms with Crippen LogP contribution in [0.1, 0.15) is 45.4 Å². The molecule has 4 atom stereocenters. The molecule has 1 saturated carbocycles. The fraction of sp³-hybridized carbons (Fsp3) is 1.00. The third-order valence-corrected chi connectivity index (χ3v) is 6.18. The first-order valence-electron chi connectivity index (χ1n) is 6.89. The van der Waals surface area contributed by atoms with E-state index in [0.717, 1.165) is 31.7 Å². The fourth-order valence-corrected chi connectivity index (χ4v) is 4.55. The van der Waals surface area contributed by atoms with Gasteiger partial charge in [-0.3, -0.25) is 0 Å². The highest BCUT2D eigenvalue weighted by Crippen LogP contribution is 2.33. The second-order valence-corrected chi connectivity index (χ2v) is 8.40. The lowest BCUT2D eigenvalue weighted by molar-refractivity contribution is 0.212. The Kier molecular flexibility index (Phi) is 4.14. The van der Waals surface area contributed by atoms with Crippen LogP contribution in [0.2, 0.25) is 0 Å². The number of hydrogen-bond donors (Lipinski definition) is 1. The van der Waals surface area contributed by atoms with Gasteiger partial charge in [-0.15, -0.1) is 0 Å². The fourth-order valence-electron chi connectivity index (χ4n) is 3.36. The topological polar surface area (TPSA) is 46.2 Å². The third-order valence-electron chi connectivity index (χ3n) is 4.54. The van der Waals surface area contributed by atoms with Crippen molar-refractivity contribution in [2.45, 2.75) is 56.7 Å². The first-order chi connectivity index (χ1) is 7.97. The van der Waals surface area contributed by atoms with Gasteiger partial charge in [0.25, 0.3) is 0 Å². The van der Waals surface area contributed by atoms with Crippen molar-refractivity contribution in [1.29, 1.82) is 0 Å². The molecule has 100 valence electrons. The van der Waals surface area contributed by atoms with Gasteiger partial charge in [0.05, 0.1) is 5.25 Å². The van der Waals surface area contributed by atoms with E-state index in [1.807, 2.05) is 0 Å². The van der Waals surface area contributed by atoms with E-state index in [1.54, 1.807) is 0 Å². The molecule has 3 nitrogen and oxygen atoms in total. The maximum Gasteiger partial charge on any atom is 0.150 e. The largest absolute Gasteiger partial charge is 0.313 e. The van der Waals surface area contributed by atoms with Crippen molar-refractivity contribution in [2.75, 3.05) is 12.8 Å². The van der Waals surface area contributed by atoms with Crippen molar-refractivity contribution >= 4 is 9.84 Å². The lowest BCUT2D eigenvalue weighted by Gasteiger charge is -2.38. The maximum atomic E-state index is 11.6. The molecule has 2 fully saturated rings. The van der Waals surface area contributed by atoms with Crippen LogP contribution in [-0.4, -0.2) is 32.5 Å². The lowest BCUT2D eigenvalue weighted by atomic mass is 9.79. The van der Waals surface area contributed by atoms with Gasteiger partial charge in [0, 0.05) is 12.3 Å². The summed E-state index contributed by atoms with van der Waals surface area (Å²) in [7, 11) is -2.84. The Labute approximate surface area is 105 Å². The van der Waals surface area contributed by atoms with Gasteiger partial charge < -0.3 is 5.32 Å². The van der Waals surface area contributed by atoms with Crippen molar-refractivity contribution in [3.63, 3.8) is 0 Å². The summed E-state index contributed by atoms with van der Waals surface area (Å²) in [4.78, 5) is 0. The van der Waals surface area contributed by atoms with E-state index in [-0.39, 0.29) is 5.25 Å². The molecule has 0 aromatic heterocycles. The molecule has 0 bridgehead atoms. The minimum Gasteiger partial charge on any atom is -0.313 e.